The summed E-state index contributed by atoms with van der Waals surface area (Å²) >= 11 is 0. The van der Waals surface area contributed by atoms with Gasteiger partial charge in [-0.1, -0.05) is 19.9 Å². The third kappa shape index (κ3) is 5.13. The topological polar surface area (TPSA) is 81.7 Å². The maximum absolute atomic E-state index is 11.9. The van der Waals surface area contributed by atoms with Gasteiger partial charge in [-0.15, -0.1) is 0 Å². The summed E-state index contributed by atoms with van der Waals surface area (Å²) in [6, 6.07) is 5.26. The molecule has 0 aromatic heterocycles. The number of amides is 1. The van der Waals surface area contributed by atoms with Crippen LogP contribution in [0.15, 0.2) is 18.2 Å². The van der Waals surface area contributed by atoms with Crippen LogP contribution < -0.4 is 14.8 Å². The van der Waals surface area contributed by atoms with Crippen LogP contribution in [-0.2, 0) is 14.6 Å². The Morgan fingerprint density at radius 1 is 1.22 bits per heavy atom. The fraction of sp³-hybridized carbons (Fsp3) is 0.562. The van der Waals surface area contributed by atoms with E-state index >= 15 is 0 Å². The normalized spacial score (nSPS) is 15.8. The van der Waals surface area contributed by atoms with Crippen LogP contribution in [-0.4, -0.2) is 39.5 Å². The summed E-state index contributed by atoms with van der Waals surface area (Å²) < 4.78 is 33.8. The number of carbonyl (C=O) groups excluding carboxylic acids is 1. The van der Waals surface area contributed by atoms with Crippen LogP contribution in [0.2, 0.25) is 0 Å². The van der Waals surface area contributed by atoms with Gasteiger partial charge in [-0.05, 0) is 23.6 Å². The van der Waals surface area contributed by atoms with Crippen molar-refractivity contribution in [2.24, 2.45) is 5.92 Å². The molecule has 1 N–H and O–H groups in total. The highest BCUT2D eigenvalue weighted by atomic mass is 32.2. The molecule has 1 aromatic rings. The zero-order valence-electron chi connectivity index (χ0n) is 13.7. The first-order valence-corrected chi connectivity index (χ1v) is 9.69. The van der Waals surface area contributed by atoms with Crippen LogP contribution in [0.1, 0.15) is 31.9 Å². The van der Waals surface area contributed by atoms with E-state index in [4.69, 9.17) is 9.47 Å². The summed E-state index contributed by atoms with van der Waals surface area (Å²) in [5.41, 5.74) is 0.867. The van der Waals surface area contributed by atoms with Crippen LogP contribution in [0.3, 0.4) is 0 Å². The van der Waals surface area contributed by atoms with E-state index in [9.17, 15) is 13.2 Å². The lowest BCUT2D eigenvalue weighted by Gasteiger charge is -2.23. The van der Waals surface area contributed by atoms with Crippen LogP contribution in [0.25, 0.3) is 0 Å². The minimum atomic E-state index is -3.35. The van der Waals surface area contributed by atoms with E-state index in [2.05, 4.69) is 5.32 Å². The van der Waals surface area contributed by atoms with Crippen LogP contribution >= 0.6 is 0 Å². The first-order valence-electron chi connectivity index (χ1n) is 7.63. The predicted molar refractivity (Wildman–Crippen MR) is 87.5 cm³/mol. The van der Waals surface area contributed by atoms with Crippen LogP contribution in [0.4, 0.5) is 0 Å². The molecule has 1 unspecified atom stereocenters. The Morgan fingerprint density at radius 2 is 1.87 bits per heavy atom. The molecule has 0 aliphatic carbocycles. The van der Waals surface area contributed by atoms with Crippen molar-refractivity contribution in [2.45, 2.75) is 26.3 Å². The summed E-state index contributed by atoms with van der Waals surface area (Å²) in [7, 11) is -3.35. The van der Waals surface area contributed by atoms with Gasteiger partial charge >= 0.3 is 0 Å². The van der Waals surface area contributed by atoms with E-state index in [-0.39, 0.29) is 12.0 Å². The number of hydrogen-bond acceptors (Lipinski definition) is 5. The van der Waals surface area contributed by atoms with Crippen molar-refractivity contribution in [3.05, 3.63) is 23.8 Å². The lowest BCUT2D eigenvalue weighted by atomic mass is 9.95. The Morgan fingerprint density at radius 3 is 2.48 bits per heavy atom. The highest BCUT2D eigenvalue weighted by molar-refractivity contribution is 7.91. The summed E-state index contributed by atoms with van der Waals surface area (Å²) in [4.78, 5) is 11.9. The summed E-state index contributed by atoms with van der Waals surface area (Å²) in [6.07, 6.45) is 1.87. The summed E-state index contributed by atoms with van der Waals surface area (Å²) in [5.74, 6) is 0.432. The van der Waals surface area contributed by atoms with Crippen molar-refractivity contribution in [3.8, 4) is 11.5 Å². The second-order valence-electron chi connectivity index (χ2n) is 6.12. The van der Waals surface area contributed by atoms with Gasteiger partial charge in [0.2, 0.25) is 5.91 Å². The monoisotopic (exact) mass is 341 g/mol. The quantitative estimate of drug-likeness (QED) is 0.882. The van der Waals surface area contributed by atoms with Gasteiger partial charge in [-0.2, -0.15) is 0 Å². The maximum Gasteiger partial charge on any atom is 0.235 e. The van der Waals surface area contributed by atoms with Crippen LogP contribution in [0.5, 0.6) is 11.5 Å². The second kappa shape index (κ2) is 7.21. The number of benzene rings is 1. The standard InChI is InChI=1S/C16H23NO5S/c1-11(2)16(17-15(18)10-23(3,19)20)12-5-6-13-14(9-12)22-8-4-7-21-13/h5-6,9,11,16H,4,7-8,10H2,1-3H3,(H,17,18). The molecule has 23 heavy (non-hydrogen) atoms. The summed E-state index contributed by atoms with van der Waals surface area (Å²) in [5, 5.41) is 2.80. The second-order valence-corrected chi connectivity index (χ2v) is 8.26. The van der Waals surface area contributed by atoms with Gasteiger partial charge in [0.1, 0.15) is 5.75 Å². The first kappa shape index (κ1) is 17.6. The third-order valence-electron chi connectivity index (χ3n) is 3.51. The SMILES string of the molecule is CC(C)C(NC(=O)CS(C)(=O)=O)c1ccc2c(c1)OCCCO2. The van der Waals surface area contributed by atoms with Crippen molar-refractivity contribution in [3.63, 3.8) is 0 Å². The van der Waals surface area contributed by atoms with Crippen molar-refractivity contribution in [2.75, 3.05) is 25.2 Å². The van der Waals surface area contributed by atoms with Gasteiger partial charge in [0.15, 0.2) is 21.3 Å². The molecule has 2 rings (SSSR count). The van der Waals surface area contributed by atoms with Crippen molar-refractivity contribution < 1.29 is 22.7 Å². The van der Waals surface area contributed by atoms with Crippen molar-refractivity contribution in [1.82, 2.24) is 5.32 Å². The average molecular weight is 341 g/mol. The molecule has 7 heteroatoms. The molecule has 0 bridgehead atoms. The fourth-order valence-electron chi connectivity index (χ4n) is 2.46. The molecule has 1 aliphatic heterocycles. The van der Waals surface area contributed by atoms with E-state index in [1.165, 1.54) is 0 Å². The van der Waals surface area contributed by atoms with Gasteiger partial charge < -0.3 is 14.8 Å². The number of carbonyl (C=O) groups is 1. The minimum absolute atomic E-state index is 0.100. The predicted octanol–water partition coefficient (Wildman–Crippen LogP) is 1.71. The van der Waals surface area contributed by atoms with E-state index in [0.717, 1.165) is 18.2 Å². The van der Waals surface area contributed by atoms with E-state index < -0.39 is 21.5 Å². The molecule has 1 aliphatic rings. The molecule has 1 amide bonds. The van der Waals surface area contributed by atoms with Gasteiger partial charge in [0, 0.05) is 12.7 Å². The molecule has 1 heterocycles. The number of nitrogens with one attached hydrogen (secondary N) is 1. The molecule has 0 fully saturated rings. The Hall–Kier alpha value is -1.76. The minimum Gasteiger partial charge on any atom is -0.490 e. The fourth-order valence-corrected chi connectivity index (χ4v) is 3.02. The number of hydrogen-bond donors (Lipinski definition) is 1. The van der Waals surface area contributed by atoms with E-state index in [1.54, 1.807) is 0 Å². The van der Waals surface area contributed by atoms with Crippen molar-refractivity contribution in [1.29, 1.82) is 0 Å². The van der Waals surface area contributed by atoms with Gasteiger partial charge in [0.05, 0.1) is 19.3 Å². The zero-order chi connectivity index (χ0) is 17.0. The number of rotatable bonds is 5. The van der Waals surface area contributed by atoms with Gasteiger partial charge in [0.25, 0.3) is 0 Å². The molecule has 128 valence electrons. The van der Waals surface area contributed by atoms with Crippen LogP contribution in [0, 0.1) is 5.92 Å². The summed E-state index contributed by atoms with van der Waals surface area (Å²) in [6.45, 7) is 5.14. The Bertz CT molecular complexity index is 669. The lowest BCUT2D eigenvalue weighted by molar-refractivity contribution is -0.119. The molecule has 0 spiro atoms. The largest absolute Gasteiger partial charge is 0.490 e. The smallest absolute Gasteiger partial charge is 0.235 e. The third-order valence-corrected chi connectivity index (χ3v) is 4.29. The van der Waals surface area contributed by atoms with Gasteiger partial charge in [-0.25, -0.2) is 8.42 Å². The van der Waals surface area contributed by atoms with E-state index in [1.807, 2.05) is 32.0 Å². The number of sulfone groups is 1. The number of fused-ring (bicyclic) bond motifs is 1. The zero-order valence-corrected chi connectivity index (χ0v) is 14.5. The van der Waals surface area contributed by atoms with E-state index in [0.29, 0.717) is 24.7 Å². The Balaban J connectivity index is 2.21. The molecule has 0 saturated carbocycles. The molecule has 6 nitrogen and oxygen atoms in total. The molecular formula is C16H23NO5S. The molecule has 0 saturated heterocycles. The highest BCUT2D eigenvalue weighted by Crippen LogP contribution is 2.34. The first-order chi connectivity index (χ1) is 10.8. The lowest BCUT2D eigenvalue weighted by Crippen LogP contribution is -2.35. The average Bonchev–Trinajstić information content (AvgIpc) is 2.67. The maximum atomic E-state index is 11.9. The Kier molecular flexibility index (Phi) is 5.51. The van der Waals surface area contributed by atoms with Crippen molar-refractivity contribution >= 4 is 15.7 Å². The molecular weight excluding hydrogens is 318 g/mol. The highest BCUT2D eigenvalue weighted by Gasteiger charge is 2.22. The Labute approximate surface area is 137 Å². The van der Waals surface area contributed by atoms with Gasteiger partial charge in [-0.3, -0.25) is 4.79 Å². The molecule has 1 aromatic carbocycles. The molecule has 0 radical (unpaired) electrons. The number of ether oxygens (including phenoxy) is 2. The molecule has 1 atom stereocenters.